The lowest BCUT2D eigenvalue weighted by atomic mass is 10.00. The Hall–Kier alpha value is -3.51. The first-order chi connectivity index (χ1) is 13.6. The van der Waals surface area contributed by atoms with Crippen LogP contribution in [0.3, 0.4) is 0 Å². The van der Waals surface area contributed by atoms with Gasteiger partial charge in [0.25, 0.3) is 0 Å². The van der Waals surface area contributed by atoms with Gasteiger partial charge < -0.3 is 5.11 Å². The van der Waals surface area contributed by atoms with Gasteiger partial charge in [0.15, 0.2) is 0 Å². The van der Waals surface area contributed by atoms with E-state index in [9.17, 15) is 9.90 Å². The molecule has 28 heavy (non-hydrogen) atoms. The van der Waals surface area contributed by atoms with Crippen molar-refractivity contribution >= 4 is 38.4 Å². The summed E-state index contributed by atoms with van der Waals surface area (Å²) in [5.74, 6) is -0.934. The summed E-state index contributed by atoms with van der Waals surface area (Å²) >= 11 is 1.55. The number of carboxylic acid groups (broad SMARTS) is 1. The van der Waals surface area contributed by atoms with Crippen LogP contribution in [-0.4, -0.2) is 21.8 Å². The van der Waals surface area contributed by atoms with Gasteiger partial charge in [-0.3, -0.25) is 5.43 Å². The number of anilines is 1. The van der Waals surface area contributed by atoms with E-state index in [1.54, 1.807) is 29.5 Å². The van der Waals surface area contributed by atoms with Crippen LogP contribution in [0.15, 0.2) is 77.9 Å². The SMILES string of the molecule is CC(=NNc1nc2ccccc2s1)c1cccc(-c2cccc(C(=O)O)c2)c1. The van der Waals surface area contributed by atoms with Crippen LogP contribution in [0.1, 0.15) is 22.8 Å². The summed E-state index contributed by atoms with van der Waals surface area (Å²) in [6.07, 6.45) is 0. The van der Waals surface area contributed by atoms with Crippen molar-refractivity contribution in [2.24, 2.45) is 5.10 Å². The Kier molecular flexibility index (Phi) is 4.87. The first-order valence-electron chi connectivity index (χ1n) is 8.70. The van der Waals surface area contributed by atoms with Crippen LogP contribution in [0, 0.1) is 0 Å². The van der Waals surface area contributed by atoms with Crippen molar-refractivity contribution in [2.45, 2.75) is 6.92 Å². The number of aromatic nitrogens is 1. The Bertz CT molecular complexity index is 1160. The minimum Gasteiger partial charge on any atom is -0.478 e. The highest BCUT2D eigenvalue weighted by molar-refractivity contribution is 7.22. The topological polar surface area (TPSA) is 74.6 Å². The van der Waals surface area contributed by atoms with E-state index in [1.807, 2.05) is 61.5 Å². The van der Waals surface area contributed by atoms with E-state index in [-0.39, 0.29) is 5.56 Å². The standard InChI is InChI=1S/C22H17N3O2S/c1-14(24-25-22-23-19-10-2-3-11-20(19)28-22)15-6-4-7-16(12-15)17-8-5-9-18(13-17)21(26)27/h2-13H,1H3,(H,23,25)(H,26,27). The molecule has 6 heteroatoms. The highest BCUT2D eigenvalue weighted by atomic mass is 32.1. The molecule has 1 heterocycles. The lowest BCUT2D eigenvalue weighted by Gasteiger charge is -2.07. The molecule has 0 aliphatic rings. The number of rotatable bonds is 5. The Morgan fingerprint density at radius 3 is 2.36 bits per heavy atom. The van der Waals surface area contributed by atoms with Gasteiger partial charge >= 0.3 is 5.97 Å². The zero-order valence-electron chi connectivity index (χ0n) is 15.1. The van der Waals surface area contributed by atoms with E-state index in [0.29, 0.717) is 0 Å². The minimum atomic E-state index is -0.934. The second kappa shape index (κ2) is 7.62. The largest absolute Gasteiger partial charge is 0.478 e. The first kappa shape index (κ1) is 17.9. The number of para-hydroxylation sites is 1. The van der Waals surface area contributed by atoms with E-state index in [2.05, 4.69) is 15.5 Å². The van der Waals surface area contributed by atoms with Crippen molar-refractivity contribution < 1.29 is 9.90 Å². The number of hydrogen-bond acceptors (Lipinski definition) is 5. The molecule has 0 fully saturated rings. The molecule has 0 saturated carbocycles. The van der Waals surface area contributed by atoms with E-state index in [1.165, 1.54) is 0 Å². The molecular weight excluding hydrogens is 370 g/mol. The molecule has 0 unspecified atom stereocenters. The number of nitrogens with zero attached hydrogens (tertiary/aromatic N) is 2. The van der Waals surface area contributed by atoms with Gasteiger partial charge in [-0.1, -0.05) is 53.8 Å². The fraction of sp³-hybridized carbons (Fsp3) is 0.0455. The van der Waals surface area contributed by atoms with Crippen molar-refractivity contribution in [1.29, 1.82) is 0 Å². The summed E-state index contributed by atoms with van der Waals surface area (Å²) in [6.45, 7) is 1.92. The lowest BCUT2D eigenvalue weighted by molar-refractivity contribution is 0.0697. The Labute approximate surface area is 166 Å². The molecule has 0 amide bonds. The molecule has 0 spiro atoms. The number of benzene rings is 3. The predicted molar refractivity (Wildman–Crippen MR) is 114 cm³/mol. The molecular formula is C22H17N3O2S. The number of carboxylic acids is 1. The fourth-order valence-corrected chi connectivity index (χ4v) is 3.68. The van der Waals surface area contributed by atoms with Gasteiger partial charge in [0, 0.05) is 0 Å². The fourth-order valence-electron chi connectivity index (χ4n) is 2.87. The maximum absolute atomic E-state index is 11.2. The number of aromatic carboxylic acids is 1. The van der Waals surface area contributed by atoms with Gasteiger partial charge in [0.05, 0.1) is 21.5 Å². The minimum absolute atomic E-state index is 0.269. The predicted octanol–water partition coefficient (Wildman–Crippen LogP) is 5.50. The molecule has 0 radical (unpaired) electrons. The normalized spacial score (nSPS) is 11.5. The van der Waals surface area contributed by atoms with Gasteiger partial charge in [-0.25, -0.2) is 9.78 Å². The number of hydrogen-bond donors (Lipinski definition) is 2. The first-order valence-corrected chi connectivity index (χ1v) is 9.52. The van der Waals surface area contributed by atoms with Crippen LogP contribution in [0.25, 0.3) is 21.3 Å². The lowest BCUT2D eigenvalue weighted by Crippen LogP contribution is -2.00. The molecule has 4 rings (SSSR count). The zero-order chi connectivity index (χ0) is 19.5. The van der Waals surface area contributed by atoms with Crippen molar-refractivity contribution in [2.75, 3.05) is 5.43 Å². The maximum Gasteiger partial charge on any atom is 0.335 e. The Morgan fingerprint density at radius 2 is 1.64 bits per heavy atom. The summed E-state index contributed by atoms with van der Waals surface area (Å²) in [7, 11) is 0. The number of hydrazone groups is 1. The monoisotopic (exact) mass is 387 g/mol. The van der Waals surface area contributed by atoms with E-state index >= 15 is 0 Å². The smallest absolute Gasteiger partial charge is 0.335 e. The van der Waals surface area contributed by atoms with Crippen molar-refractivity contribution in [3.05, 3.63) is 83.9 Å². The molecule has 5 nitrogen and oxygen atoms in total. The highest BCUT2D eigenvalue weighted by Crippen LogP contribution is 2.26. The maximum atomic E-state index is 11.2. The molecule has 2 N–H and O–H groups in total. The average Bonchev–Trinajstić information content (AvgIpc) is 3.15. The van der Waals surface area contributed by atoms with Crippen LogP contribution < -0.4 is 5.43 Å². The quantitative estimate of drug-likeness (QED) is 0.350. The zero-order valence-corrected chi connectivity index (χ0v) is 15.9. The number of fused-ring (bicyclic) bond motifs is 1. The Morgan fingerprint density at radius 1 is 0.964 bits per heavy atom. The van der Waals surface area contributed by atoms with E-state index in [0.717, 1.165) is 37.8 Å². The van der Waals surface area contributed by atoms with Crippen LogP contribution in [0.2, 0.25) is 0 Å². The molecule has 0 bridgehead atoms. The molecule has 1 aromatic heterocycles. The van der Waals surface area contributed by atoms with Crippen LogP contribution in [0.4, 0.5) is 5.13 Å². The molecule has 0 saturated heterocycles. The molecule has 0 aliphatic carbocycles. The number of thiazole rings is 1. The van der Waals surface area contributed by atoms with Gasteiger partial charge in [-0.2, -0.15) is 5.10 Å². The third kappa shape index (κ3) is 3.77. The second-order valence-corrected chi connectivity index (χ2v) is 7.29. The summed E-state index contributed by atoms with van der Waals surface area (Å²) in [5.41, 5.74) is 7.81. The number of nitrogens with one attached hydrogen (secondary N) is 1. The van der Waals surface area contributed by atoms with Gasteiger partial charge in [-0.05, 0) is 53.9 Å². The van der Waals surface area contributed by atoms with Gasteiger partial charge in [-0.15, -0.1) is 0 Å². The van der Waals surface area contributed by atoms with Crippen molar-refractivity contribution in [3.8, 4) is 11.1 Å². The van der Waals surface area contributed by atoms with E-state index in [4.69, 9.17) is 0 Å². The molecule has 0 aliphatic heterocycles. The van der Waals surface area contributed by atoms with Crippen LogP contribution >= 0.6 is 11.3 Å². The van der Waals surface area contributed by atoms with Gasteiger partial charge in [0.2, 0.25) is 5.13 Å². The summed E-state index contributed by atoms with van der Waals surface area (Å²) in [4.78, 5) is 15.7. The second-order valence-electron chi connectivity index (χ2n) is 6.26. The van der Waals surface area contributed by atoms with Gasteiger partial charge in [0.1, 0.15) is 0 Å². The summed E-state index contributed by atoms with van der Waals surface area (Å²) < 4.78 is 1.11. The molecule has 0 atom stereocenters. The third-order valence-corrected chi connectivity index (χ3v) is 5.28. The summed E-state index contributed by atoms with van der Waals surface area (Å²) in [6, 6.07) is 22.7. The Balaban J connectivity index is 1.58. The van der Waals surface area contributed by atoms with Crippen LogP contribution in [0.5, 0.6) is 0 Å². The van der Waals surface area contributed by atoms with Crippen LogP contribution in [-0.2, 0) is 0 Å². The number of carbonyl (C=O) groups is 1. The average molecular weight is 387 g/mol. The molecule has 138 valence electrons. The molecule has 3 aromatic carbocycles. The third-order valence-electron chi connectivity index (χ3n) is 4.34. The van der Waals surface area contributed by atoms with Crippen molar-refractivity contribution in [3.63, 3.8) is 0 Å². The molecule has 4 aromatic rings. The van der Waals surface area contributed by atoms with E-state index < -0.39 is 5.97 Å². The summed E-state index contributed by atoms with van der Waals surface area (Å²) in [5, 5.41) is 14.4. The van der Waals surface area contributed by atoms with Crippen molar-refractivity contribution in [1.82, 2.24) is 4.98 Å². The highest BCUT2D eigenvalue weighted by Gasteiger charge is 2.07.